The standard InChI is InChI=1S/C18H18N4O2/c1-2-13-3-5-14(6-4-13)18-21-17(24-22-18)8-7-16(23)20-15-9-11-19-12-10-15/h3-6,9-12H,2,7-8H2,1H3,(H,19,20,23). The fourth-order valence-corrected chi connectivity index (χ4v) is 2.24. The summed E-state index contributed by atoms with van der Waals surface area (Å²) < 4.78 is 5.23. The number of aromatic nitrogens is 3. The minimum Gasteiger partial charge on any atom is -0.339 e. The molecule has 0 aliphatic carbocycles. The molecule has 0 atom stereocenters. The summed E-state index contributed by atoms with van der Waals surface area (Å²) in [6, 6.07) is 11.5. The molecule has 0 spiro atoms. The van der Waals surface area contributed by atoms with Crippen LogP contribution < -0.4 is 5.32 Å². The third-order valence-electron chi connectivity index (χ3n) is 3.62. The van der Waals surface area contributed by atoms with Gasteiger partial charge in [-0.15, -0.1) is 0 Å². The molecule has 2 heterocycles. The molecule has 0 radical (unpaired) electrons. The van der Waals surface area contributed by atoms with Crippen LogP contribution in [0, 0.1) is 0 Å². The molecule has 0 aliphatic rings. The minimum atomic E-state index is -0.103. The van der Waals surface area contributed by atoms with Crippen LogP contribution in [0.3, 0.4) is 0 Å². The molecule has 1 aromatic carbocycles. The van der Waals surface area contributed by atoms with Crippen LogP contribution in [-0.4, -0.2) is 21.0 Å². The van der Waals surface area contributed by atoms with Crippen LogP contribution in [0.5, 0.6) is 0 Å². The Hall–Kier alpha value is -3.02. The zero-order valence-corrected chi connectivity index (χ0v) is 13.4. The number of carbonyl (C=O) groups is 1. The predicted octanol–water partition coefficient (Wildman–Crippen LogP) is 3.27. The molecule has 6 nitrogen and oxygen atoms in total. The fourth-order valence-electron chi connectivity index (χ4n) is 2.24. The van der Waals surface area contributed by atoms with E-state index < -0.39 is 0 Å². The second-order valence-electron chi connectivity index (χ2n) is 5.35. The van der Waals surface area contributed by atoms with Gasteiger partial charge in [0.2, 0.25) is 17.6 Å². The molecule has 3 aromatic rings. The van der Waals surface area contributed by atoms with Crippen molar-refractivity contribution in [1.82, 2.24) is 15.1 Å². The molecule has 1 N–H and O–H groups in total. The molecule has 0 saturated heterocycles. The van der Waals surface area contributed by atoms with Gasteiger partial charge >= 0.3 is 0 Å². The number of pyridine rings is 1. The Bertz CT molecular complexity index is 797. The van der Waals surface area contributed by atoms with Gasteiger partial charge in [-0.25, -0.2) is 0 Å². The van der Waals surface area contributed by atoms with Crippen LogP contribution >= 0.6 is 0 Å². The van der Waals surface area contributed by atoms with E-state index in [9.17, 15) is 4.79 Å². The Kier molecular flexibility index (Phi) is 4.96. The number of rotatable bonds is 6. The van der Waals surface area contributed by atoms with Gasteiger partial charge in [-0.2, -0.15) is 4.98 Å². The number of amides is 1. The molecule has 6 heteroatoms. The van der Waals surface area contributed by atoms with Crippen LogP contribution in [0.15, 0.2) is 53.3 Å². The third-order valence-corrected chi connectivity index (χ3v) is 3.62. The van der Waals surface area contributed by atoms with Crippen molar-refractivity contribution < 1.29 is 9.32 Å². The van der Waals surface area contributed by atoms with Gasteiger partial charge in [-0.3, -0.25) is 9.78 Å². The first kappa shape index (κ1) is 15.9. The highest BCUT2D eigenvalue weighted by Gasteiger charge is 2.11. The maximum atomic E-state index is 11.9. The van der Waals surface area contributed by atoms with E-state index in [2.05, 4.69) is 27.4 Å². The number of anilines is 1. The van der Waals surface area contributed by atoms with Crippen molar-refractivity contribution in [2.75, 3.05) is 5.32 Å². The topological polar surface area (TPSA) is 80.9 Å². The first-order chi connectivity index (χ1) is 11.7. The van der Waals surface area contributed by atoms with E-state index in [4.69, 9.17) is 4.52 Å². The molecule has 0 fully saturated rings. The summed E-state index contributed by atoms with van der Waals surface area (Å²) in [7, 11) is 0. The fraction of sp³-hybridized carbons (Fsp3) is 0.222. The molecular formula is C18H18N4O2. The molecule has 0 saturated carbocycles. The van der Waals surface area contributed by atoms with E-state index in [1.165, 1.54) is 5.56 Å². The maximum absolute atomic E-state index is 11.9. The van der Waals surface area contributed by atoms with Crippen molar-refractivity contribution in [2.45, 2.75) is 26.2 Å². The van der Waals surface area contributed by atoms with Gasteiger partial charge < -0.3 is 9.84 Å². The lowest BCUT2D eigenvalue weighted by Gasteiger charge is -2.02. The molecule has 122 valence electrons. The van der Waals surface area contributed by atoms with E-state index in [0.717, 1.165) is 17.7 Å². The van der Waals surface area contributed by atoms with Gasteiger partial charge in [-0.05, 0) is 24.1 Å². The summed E-state index contributed by atoms with van der Waals surface area (Å²) in [6.07, 6.45) is 4.92. The normalized spacial score (nSPS) is 10.5. The van der Waals surface area contributed by atoms with Gasteiger partial charge in [0.15, 0.2) is 0 Å². The van der Waals surface area contributed by atoms with Crippen molar-refractivity contribution in [3.05, 3.63) is 60.2 Å². The summed E-state index contributed by atoms with van der Waals surface area (Å²) in [5.41, 5.74) is 2.89. The Morgan fingerprint density at radius 2 is 1.88 bits per heavy atom. The van der Waals surface area contributed by atoms with Crippen LogP contribution in [-0.2, 0) is 17.6 Å². The second kappa shape index (κ2) is 7.50. The zero-order valence-electron chi connectivity index (χ0n) is 13.4. The van der Waals surface area contributed by atoms with Crippen molar-refractivity contribution in [2.24, 2.45) is 0 Å². The second-order valence-corrected chi connectivity index (χ2v) is 5.35. The van der Waals surface area contributed by atoms with Crippen molar-refractivity contribution >= 4 is 11.6 Å². The third kappa shape index (κ3) is 4.04. The van der Waals surface area contributed by atoms with Crippen molar-refractivity contribution in [3.8, 4) is 11.4 Å². The van der Waals surface area contributed by atoms with Gasteiger partial charge in [0, 0.05) is 36.5 Å². The lowest BCUT2D eigenvalue weighted by molar-refractivity contribution is -0.116. The maximum Gasteiger partial charge on any atom is 0.227 e. The Balaban J connectivity index is 1.56. The molecule has 0 unspecified atom stereocenters. The monoisotopic (exact) mass is 322 g/mol. The van der Waals surface area contributed by atoms with E-state index in [1.54, 1.807) is 24.5 Å². The summed E-state index contributed by atoms with van der Waals surface area (Å²) >= 11 is 0. The van der Waals surface area contributed by atoms with Crippen LogP contribution in [0.2, 0.25) is 0 Å². The molecule has 3 rings (SSSR count). The van der Waals surface area contributed by atoms with Gasteiger partial charge in [-0.1, -0.05) is 36.3 Å². The average molecular weight is 322 g/mol. The molecule has 0 bridgehead atoms. The summed E-state index contributed by atoms with van der Waals surface area (Å²) in [6.45, 7) is 2.11. The first-order valence-electron chi connectivity index (χ1n) is 7.86. The first-order valence-corrected chi connectivity index (χ1v) is 7.86. The molecule has 1 amide bonds. The number of nitrogens with one attached hydrogen (secondary N) is 1. The van der Waals surface area contributed by atoms with Crippen LogP contribution in [0.1, 0.15) is 24.8 Å². The smallest absolute Gasteiger partial charge is 0.227 e. The lowest BCUT2D eigenvalue weighted by atomic mass is 10.1. The largest absolute Gasteiger partial charge is 0.339 e. The molecule has 0 aliphatic heterocycles. The summed E-state index contributed by atoms with van der Waals surface area (Å²) in [5, 5.41) is 6.77. The van der Waals surface area contributed by atoms with Crippen molar-refractivity contribution in [3.63, 3.8) is 0 Å². The Labute approximate surface area is 139 Å². The number of nitrogens with zero attached hydrogens (tertiary/aromatic N) is 3. The number of carbonyl (C=O) groups excluding carboxylic acids is 1. The molecule has 24 heavy (non-hydrogen) atoms. The summed E-state index contributed by atoms with van der Waals surface area (Å²) in [5.74, 6) is 0.893. The van der Waals surface area contributed by atoms with Crippen LogP contribution in [0.4, 0.5) is 5.69 Å². The Morgan fingerprint density at radius 1 is 1.12 bits per heavy atom. The van der Waals surface area contributed by atoms with Crippen molar-refractivity contribution in [1.29, 1.82) is 0 Å². The van der Waals surface area contributed by atoms with E-state index >= 15 is 0 Å². The number of hydrogen-bond donors (Lipinski definition) is 1. The number of aryl methyl sites for hydroxylation is 2. The highest BCUT2D eigenvalue weighted by molar-refractivity contribution is 5.90. The SMILES string of the molecule is CCc1ccc(-c2noc(CCC(=O)Nc3ccncc3)n2)cc1. The average Bonchev–Trinajstić information content (AvgIpc) is 3.10. The number of benzene rings is 1. The quantitative estimate of drug-likeness (QED) is 0.753. The van der Waals surface area contributed by atoms with E-state index in [1.807, 2.05) is 24.3 Å². The van der Waals surface area contributed by atoms with Gasteiger partial charge in [0.1, 0.15) is 0 Å². The number of hydrogen-bond acceptors (Lipinski definition) is 5. The molecule has 2 aromatic heterocycles. The molecular weight excluding hydrogens is 304 g/mol. The van der Waals surface area contributed by atoms with Gasteiger partial charge in [0.25, 0.3) is 0 Å². The summed E-state index contributed by atoms with van der Waals surface area (Å²) in [4.78, 5) is 20.2. The highest BCUT2D eigenvalue weighted by Crippen LogP contribution is 2.17. The van der Waals surface area contributed by atoms with Crippen LogP contribution in [0.25, 0.3) is 11.4 Å². The van der Waals surface area contributed by atoms with E-state index in [0.29, 0.717) is 18.1 Å². The zero-order chi connectivity index (χ0) is 16.8. The highest BCUT2D eigenvalue weighted by atomic mass is 16.5. The van der Waals surface area contributed by atoms with E-state index in [-0.39, 0.29) is 12.3 Å². The Morgan fingerprint density at radius 3 is 2.58 bits per heavy atom. The minimum absolute atomic E-state index is 0.103. The lowest BCUT2D eigenvalue weighted by Crippen LogP contribution is -2.12. The predicted molar refractivity (Wildman–Crippen MR) is 90.3 cm³/mol. The van der Waals surface area contributed by atoms with Gasteiger partial charge in [0.05, 0.1) is 0 Å².